The molecule has 8 heteroatoms. The second kappa shape index (κ2) is 6.56. The number of rotatable bonds is 6. The van der Waals surface area contributed by atoms with Gasteiger partial charge in [-0.05, 0) is 43.9 Å². The summed E-state index contributed by atoms with van der Waals surface area (Å²) in [5.41, 5.74) is 0.230. The van der Waals surface area contributed by atoms with Gasteiger partial charge in [-0.15, -0.1) is 0 Å². The zero-order valence-electron chi connectivity index (χ0n) is 16.6. The van der Waals surface area contributed by atoms with Crippen LogP contribution in [0.5, 0.6) is 0 Å². The molecule has 5 atom stereocenters. The Morgan fingerprint density at radius 2 is 2.00 bits per heavy atom. The fourth-order valence-corrected chi connectivity index (χ4v) is 6.11. The molecule has 28 heavy (non-hydrogen) atoms. The number of aromatic amines is 1. The lowest BCUT2D eigenvalue weighted by atomic mass is 9.88. The smallest absolute Gasteiger partial charge is 0.330 e. The number of aromatic nitrogens is 4. The van der Waals surface area contributed by atoms with Gasteiger partial charge in [-0.25, -0.2) is 9.78 Å². The van der Waals surface area contributed by atoms with E-state index in [2.05, 4.69) is 16.8 Å². The highest BCUT2D eigenvalue weighted by Gasteiger charge is 2.58. The van der Waals surface area contributed by atoms with Gasteiger partial charge in [0, 0.05) is 25.7 Å². The number of H-pyrrole nitrogens is 1. The summed E-state index contributed by atoms with van der Waals surface area (Å²) in [6.07, 6.45) is 3.87. The second-order valence-electron chi connectivity index (χ2n) is 8.78. The minimum absolute atomic E-state index is 0.217. The first-order valence-corrected chi connectivity index (χ1v) is 10.7. The van der Waals surface area contributed by atoms with Gasteiger partial charge in [0.1, 0.15) is 5.82 Å². The van der Waals surface area contributed by atoms with E-state index >= 15 is 0 Å². The molecule has 3 heterocycles. The van der Waals surface area contributed by atoms with Gasteiger partial charge in [-0.1, -0.05) is 13.3 Å². The van der Waals surface area contributed by atoms with E-state index in [4.69, 9.17) is 4.98 Å². The molecule has 0 amide bonds. The molecule has 2 N–H and O–H groups in total. The van der Waals surface area contributed by atoms with Crippen molar-refractivity contribution in [2.75, 3.05) is 6.54 Å². The van der Waals surface area contributed by atoms with Crippen molar-refractivity contribution in [2.45, 2.75) is 71.3 Å². The number of nitrogens with zero attached hydrogens (tertiary/aromatic N) is 4. The van der Waals surface area contributed by atoms with Crippen LogP contribution in [0, 0.1) is 17.8 Å². The molecule has 0 spiro atoms. The van der Waals surface area contributed by atoms with Crippen molar-refractivity contribution in [2.24, 2.45) is 17.8 Å². The molecule has 0 aromatic carbocycles. The summed E-state index contributed by atoms with van der Waals surface area (Å²) in [5.74, 6) is 2.56. The van der Waals surface area contributed by atoms with Crippen LogP contribution in [-0.4, -0.2) is 47.8 Å². The largest absolute Gasteiger partial charge is 0.391 e. The van der Waals surface area contributed by atoms with E-state index in [0.29, 0.717) is 48.6 Å². The predicted octanol–water partition coefficient (Wildman–Crippen LogP) is 0.907. The van der Waals surface area contributed by atoms with Crippen molar-refractivity contribution in [1.82, 2.24) is 24.0 Å². The number of hydrogen-bond acceptors (Lipinski definition) is 5. The van der Waals surface area contributed by atoms with E-state index in [0.717, 1.165) is 38.1 Å². The monoisotopic (exact) mass is 387 g/mol. The minimum Gasteiger partial charge on any atom is -0.391 e. The molecule has 2 saturated carbocycles. The molecule has 1 saturated heterocycles. The van der Waals surface area contributed by atoms with Crippen LogP contribution >= 0.6 is 0 Å². The van der Waals surface area contributed by atoms with Gasteiger partial charge in [-0.3, -0.25) is 19.2 Å². The second-order valence-corrected chi connectivity index (χ2v) is 8.78. The van der Waals surface area contributed by atoms with Gasteiger partial charge < -0.3 is 9.67 Å². The van der Waals surface area contributed by atoms with Crippen LogP contribution < -0.4 is 11.2 Å². The van der Waals surface area contributed by atoms with Crippen molar-refractivity contribution >= 4 is 11.2 Å². The molecular formula is C20H29N5O3. The number of aryl methyl sites for hydroxylation is 2. The summed E-state index contributed by atoms with van der Waals surface area (Å²) in [6, 6.07) is 0.217. The summed E-state index contributed by atoms with van der Waals surface area (Å²) < 4.78 is 3.54. The van der Waals surface area contributed by atoms with Crippen LogP contribution in [0.2, 0.25) is 0 Å². The molecule has 5 unspecified atom stereocenters. The summed E-state index contributed by atoms with van der Waals surface area (Å²) >= 11 is 0. The number of unbranched alkanes of at least 4 members (excludes halogenated alkanes) is 1. The van der Waals surface area contributed by atoms with E-state index in [1.807, 2.05) is 11.5 Å². The van der Waals surface area contributed by atoms with Crippen LogP contribution in [0.4, 0.5) is 0 Å². The third kappa shape index (κ3) is 2.47. The molecule has 1 aliphatic heterocycles. The fraction of sp³-hybridized carbons (Fsp3) is 0.750. The molecule has 152 valence electrons. The third-order valence-corrected chi connectivity index (χ3v) is 7.31. The maximum atomic E-state index is 12.6. The van der Waals surface area contributed by atoms with Gasteiger partial charge in [0.15, 0.2) is 11.2 Å². The molecular weight excluding hydrogens is 358 g/mol. The van der Waals surface area contributed by atoms with Crippen molar-refractivity contribution < 1.29 is 5.11 Å². The molecule has 0 radical (unpaired) electrons. The maximum absolute atomic E-state index is 12.6. The lowest BCUT2D eigenvalue weighted by molar-refractivity contribution is 0.0473. The number of hydrogen-bond donors (Lipinski definition) is 2. The Morgan fingerprint density at radius 1 is 1.18 bits per heavy atom. The molecule has 5 rings (SSSR count). The first-order valence-electron chi connectivity index (χ1n) is 10.7. The lowest BCUT2D eigenvalue weighted by Crippen LogP contribution is -2.40. The predicted molar refractivity (Wildman–Crippen MR) is 105 cm³/mol. The maximum Gasteiger partial charge on any atom is 0.330 e. The van der Waals surface area contributed by atoms with Crippen molar-refractivity contribution in [1.29, 1.82) is 0 Å². The van der Waals surface area contributed by atoms with Gasteiger partial charge in [0.05, 0.1) is 12.6 Å². The van der Waals surface area contributed by atoms with Crippen LogP contribution in [0.1, 0.15) is 45.4 Å². The zero-order valence-corrected chi connectivity index (χ0v) is 16.6. The molecule has 8 nitrogen and oxygen atoms in total. The number of likely N-dealkylation sites (tertiary alicyclic amines) is 1. The minimum atomic E-state index is -0.383. The van der Waals surface area contributed by atoms with Gasteiger partial charge >= 0.3 is 5.69 Å². The zero-order chi connectivity index (χ0) is 19.6. The van der Waals surface area contributed by atoms with E-state index in [-0.39, 0.29) is 23.4 Å². The first kappa shape index (κ1) is 18.1. The first-order chi connectivity index (χ1) is 13.5. The SMILES string of the molecule is CCCCn1c(=O)[nH]c(=O)c2c1nc(CN1CC3CC4CC3C1C4O)n2CC. The third-order valence-electron chi connectivity index (χ3n) is 7.31. The van der Waals surface area contributed by atoms with Crippen molar-refractivity contribution in [3.63, 3.8) is 0 Å². The molecule has 3 fully saturated rings. The van der Waals surface area contributed by atoms with Crippen LogP contribution in [0.15, 0.2) is 9.59 Å². The highest BCUT2D eigenvalue weighted by molar-refractivity contribution is 5.71. The molecule has 2 bridgehead atoms. The van der Waals surface area contributed by atoms with E-state index < -0.39 is 0 Å². The number of nitrogens with one attached hydrogen (secondary N) is 1. The van der Waals surface area contributed by atoms with Gasteiger partial charge in [0.25, 0.3) is 5.56 Å². The average molecular weight is 387 g/mol. The van der Waals surface area contributed by atoms with E-state index in [1.54, 1.807) is 4.57 Å². The Bertz CT molecular complexity index is 1020. The Hall–Kier alpha value is -1.93. The lowest BCUT2D eigenvalue weighted by Gasteiger charge is -2.28. The summed E-state index contributed by atoms with van der Waals surface area (Å²) in [7, 11) is 0. The fourth-order valence-electron chi connectivity index (χ4n) is 6.11. The van der Waals surface area contributed by atoms with E-state index in [9.17, 15) is 14.7 Å². The van der Waals surface area contributed by atoms with Crippen LogP contribution in [0.25, 0.3) is 11.2 Å². The van der Waals surface area contributed by atoms with Crippen LogP contribution in [0.3, 0.4) is 0 Å². The Kier molecular flexibility index (Phi) is 4.24. The summed E-state index contributed by atoms with van der Waals surface area (Å²) in [6.45, 7) is 6.86. The summed E-state index contributed by atoms with van der Waals surface area (Å²) in [5, 5.41) is 10.7. The number of imidazole rings is 1. The topological polar surface area (TPSA) is 96.2 Å². The highest BCUT2D eigenvalue weighted by Crippen LogP contribution is 2.55. The standard InChI is InChI=1S/C20H29N5O3/c1-3-5-6-25-18-16(19(27)22-20(25)28)24(4-2)14(21-18)10-23-9-12-7-11-8-13(12)15(23)17(11)26/h11-13,15,17,26H,3-10H2,1-2H3,(H,22,27,28). The number of aliphatic hydroxyl groups is 1. The van der Waals surface area contributed by atoms with Crippen LogP contribution in [-0.2, 0) is 19.6 Å². The summed E-state index contributed by atoms with van der Waals surface area (Å²) in [4.78, 5) is 34.5. The normalized spacial score (nSPS) is 31.5. The van der Waals surface area contributed by atoms with E-state index in [1.165, 1.54) is 0 Å². The quantitative estimate of drug-likeness (QED) is 0.768. The average Bonchev–Trinajstić information content (AvgIpc) is 3.36. The Labute approximate surface area is 163 Å². The number of aliphatic hydroxyl groups excluding tert-OH is 1. The Morgan fingerprint density at radius 3 is 2.71 bits per heavy atom. The molecule has 3 aliphatic rings. The van der Waals surface area contributed by atoms with Gasteiger partial charge in [-0.2, -0.15) is 0 Å². The van der Waals surface area contributed by atoms with Crippen molar-refractivity contribution in [3.8, 4) is 0 Å². The van der Waals surface area contributed by atoms with Gasteiger partial charge in [0.2, 0.25) is 0 Å². The molecule has 2 aromatic rings. The highest BCUT2D eigenvalue weighted by atomic mass is 16.3. The Balaban J connectivity index is 1.56. The van der Waals surface area contributed by atoms with Crippen molar-refractivity contribution in [3.05, 3.63) is 26.7 Å². The number of fused-ring (bicyclic) bond motifs is 2. The molecule has 2 aliphatic carbocycles. The molecule has 2 aromatic heterocycles.